The van der Waals surface area contributed by atoms with Crippen molar-refractivity contribution in [3.8, 4) is 0 Å². The fourth-order valence-electron chi connectivity index (χ4n) is 1.12. The molecule has 0 radical (unpaired) electrons. The van der Waals surface area contributed by atoms with E-state index in [0.717, 1.165) is 0 Å². The maximum atomic E-state index is 2.14. The van der Waals surface area contributed by atoms with Crippen molar-refractivity contribution in [2.45, 2.75) is 9.79 Å². The second kappa shape index (κ2) is 12.9. The molecule has 112 valence electrons. The highest BCUT2D eigenvalue weighted by Crippen LogP contribution is 2.59. The Morgan fingerprint density at radius 1 is 0.381 bits per heavy atom. The van der Waals surface area contributed by atoms with Gasteiger partial charge in [-0.05, 0) is 115 Å². The number of hydrogen-bond acceptors (Lipinski definition) is 9. The molecular formula is C12H10S9. The molecule has 0 aliphatic heterocycles. The molecule has 0 N–H and O–H groups in total. The second-order valence-corrected chi connectivity index (χ2v) is 17.9. The molecule has 0 aliphatic carbocycles. The third-order valence-electron chi connectivity index (χ3n) is 1.91. The van der Waals surface area contributed by atoms with E-state index in [1.54, 1.807) is 21.6 Å². The third-order valence-corrected chi connectivity index (χ3v) is 19.1. The van der Waals surface area contributed by atoms with Crippen LogP contribution in [0.5, 0.6) is 0 Å². The van der Waals surface area contributed by atoms with Crippen LogP contribution in [0.3, 0.4) is 0 Å². The summed E-state index contributed by atoms with van der Waals surface area (Å²) in [6.07, 6.45) is 0. The summed E-state index contributed by atoms with van der Waals surface area (Å²) >= 11 is 0. The maximum absolute atomic E-state index is 2.14. The van der Waals surface area contributed by atoms with Gasteiger partial charge in [0.2, 0.25) is 0 Å². The quantitative estimate of drug-likeness (QED) is 0.258. The van der Waals surface area contributed by atoms with Crippen LogP contribution in [-0.2, 0) is 0 Å². The molecule has 0 atom stereocenters. The van der Waals surface area contributed by atoms with Crippen LogP contribution in [0.2, 0.25) is 0 Å². The molecule has 9 heteroatoms. The van der Waals surface area contributed by atoms with E-state index in [1.165, 1.54) is 9.79 Å². The van der Waals surface area contributed by atoms with Crippen LogP contribution in [0, 0.1) is 0 Å². The Labute approximate surface area is 159 Å². The normalized spacial score (nSPS) is 10.7. The van der Waals surface area contributed by atoms with Crippen LogP contribution >= 0.6 is 90.4 Å². The van der Waals surface area contributed by atoms with Gasteiger partial charge in [-0.25, -0.2) is 0 Å². The lowest BCUT2D eigenvalue weighted by molar-refractivity contribution is 1.48. The maximum Gasteiger partial charge on any atom is 0.0191 e. The van der Waals surface area contributed by atoms with Gasteiger partial charge in [-0.2, -0.15) is 0 Å². The van der Waals surface area contributed by atoms with E-state index in [0.29, 0.717) is 0 Å². The van der Waals surface area contributed by atoms with Crippen LogP contribution in [0.1, 0.15) is 0 Å². The van der Waals surface area contributed by atoms with Gasteiger partial charge in [-0.1, -0.05) is 36.4 Å². The average molecular weight is 443 g/mol. The van der Waals surface area contributed by atoms with E-state index < -0.39 is 0 Å². The summed E-state index contributed by atoms with van der Waals surface area (Å²) in [7, 11) is 16.3. The second-order valence-electron chi connectivity index (χ2n) is 3.27. The number of hydrogen-bond donors (Lipinski definition) is 0. The van der Waals surface area contributed by atoms with Crippen molar-refractivity contribution in [3.63, 3.8) is 0 Å². The fraction of sp³-hybridized carbons (Fsp3) is 0. The zero-order chi connectivity index (χ0) is 14.6. The van der Waals surface area contributed by atoms with E-state index in [4.69, 9.17) is 0 Å². The Kier molecular flexibility index (Phi) is 11.7. The first kappa shape index (κ1) is 18.9. The SMILES string of the molecule is c1ccc(SSSSSSSSSc2ccccc2)cc1. The first-order valence-corrected chi connectivity index (χ1v) is 17.0. The predicted octanol–water partition coefficient (Wildman–Crippen LogP) is 9.02. The van der Waals surface area contributed by atoms with Crippen LogP contribution < -0.4 is 0 Å². The monoisotopic (exact) mass is 442 g/mol. The van der Waals surface area contributed by atoms with Gasteiger partial charge >= 0.3 is 0 Å². The first-order chi connectivity index (χ1) is 10.4. The molecule has 0 heterocycles. The van der Waals surface area contributed by atoms with Crippen molar-refractivity contribution in [1.29, 1.82) is 0 Å². The number of rotatable bonds is 10. The van der Waals surface area contributed by atoms with Gasteiger partial charge in [0, 0.05) is 9.79 Å². The molecule has 0 saturated carbocycles. The van der Waals surface area contributed by atoms with Crippen molar-refractivity contribution < 1.29 is 0 Å². The van der Waals surface area contributed by atoms with E-state index in [2.05, 4.69) is 48.5 Å². The molecule has 0 bridgehead atoms. The minimum Gasteiger partial charge on any atom is -0.0622 e. The number of benzene rings is 2. The summed E-state index contributed by atoms with van der Waals surface area (Å²) in [5.74, 6) is 0. The summed E-state index contributed by atoms with van der Waals surface area (Å²) in [5, 5.41) is 0. The van der Waals surface area contributed by atoms with Crippen molar-refractivity contribution >= 4 is 90.4 Å². The van der Waals surface area contributed by atoms with E-state index in [1.807, 2.05) is 80.9 Å². The summed E-state index contributed by atoms with van der Waals surface area (Å²) < 4.78 is 0. The van der Waals surface area contributed by atoms with Gasteiger partial charge in [0.25, 0.3) is 0 Å². The van der Waals surface area contributed by atoms with E-state index >= 15 is 0 Å². The molecule has 0 aromatic heterocycles. The lowest BCUT2D eigenvalue weighted by atomic mass is 10.4. The molecule has 0 fully saturated rings. The van der Waals surface area contributed by atoms with Crippen LogP contribution in [0.25, 0.3) is 0 Å². The molecule has 2 rings (SSSR count). The molecule has 0 nitrogen and oxygen atoms in total. The minimum atomic E-state index is 1.30. The van der Waals surface area contributed by atoms with Crippen molar-refractivity contribution in [3.05, 3.63) is 60.7 Å². The molecule has 0 saturated heterocycles. The fourth-order valence-corrected chi connectivity index (χ4v) is 20.3. The van der Waals surface area contributed by atoms with Crippen LogP contribution in [-0.4, -0.2) is 0 Å². The summed E-state index contributed by atoms with van der Waals surface area (Å²) in [5.41, 5.74) is 0. The van der Waals surface area contributed by atoms with Gasteiger partial charge in [0.1, 0.15) is 0 Å². The summed E-state index contributed by atoms with van der Waals surface area (Å²) in [6, 6.07) is 20.9. The minimum absolute atomic E-state index is 1.30. The predicted molar refractivity (Wildman–Crippen MR) is 118 cm³/mol. The Balaban J connectivity index is 1.40. The summed E-state index contributed by atoms with van der Waals surface area (Å²) in [4.78, 5) is 2.61. The molecule has 0 amide bonds. The van der Waals surface area contributed by atoms with Gasteiger partial charge in [-0.3, -0.25) is 0 Å². The van der Waals surface area contributed by atoms with Crippen LogP contribution in [0.15, 0.2) is 70.5 Å². The van der Waals surface area contributed by atoms with Crippen LogP contribution in [0.4, 0.5) is 0 Å². The highest BCUT2D eigenvalue weighted by Gasteiger charge is 1.99. The van der Waals surface area contributed by atoms with Crippen molar-refractivity contribution in [2.24, 2.45) is 0 Å². The Hall–Kier alpha value is 1.59. The average Bonchev–Trinajstić information content (AvgIpc) is 2.55. The van der Waals surface area contributed by atoms with Gasteiger partial charge in [0.15, 0.2) is 0 Å². The van der Waals surface area contributed by atoms with Gasteiger partial charge in [0.05, 0.1) is 0 Å². The highest BCUT2D eigenvalue weighted by atomic mass is 34.0. The zero-order valence-corrected chi connectivity index (χ0v) is 17.8. The Morgan fingerprint density at radius 2 is 0.714 bits per heavy atom. The lowest BCUT2D eigenvalue weighted by Gasteiger charge is -2.00. The highest BCUT2D eigenvalue weighted by molar-refractivity contribution is 9.51. The van der Waals surface area contributed by atoms with Crippen molar-refractivity contribution in [2.75, 3.05) is 0 Å². The molecular weight excluding hydrogens is 433 g/mol. The Bertz CT molecular complexity index is 433. The molecule has 2 aromatic carbocycles. The Morgan fingerprint density at radius 3 is 1.10 bits per heavy atom. The molecule has 21 heavy (non-hydrogen) atoms. The molecule has 0 unspecified atom stereocenters. The lowest BCUT2D eigenvalue weighted by Crippen LogP contribution is -1.61. The zero-order valence-electron chi connectivity index (χ0n) is 10.4. The van der Waals surface area contributed by atoms with Gasteiger partial charge in [-0.15, -0.1) is 0 Å². The van der Waals surface area contributed by atoms with Gasteiger partial charge < -0.3 is 0 Å². The van der Waals surface area contributed by atoms with E-state index in [9.17, 15) is 0 Å². The molecule has 0 aliphatic rings. The topological polar surface area (TPSA) is 0 Å². The molecule has 0 spiro atoms. The standard InChI is InChI=1S/C12H10S9/c1-3-7-11(8-4-1)13-15-17-19-21-20-18-16-14-12-9-5-2-6-10-12/h1-10H. The van der Waals surface area contributed by atoms with E-state index in [-0.39, 0.29) is 0 Å². The van der Waals surface area contributed by atoms with Crippen molar-refractivity contribution in [1.82, 2.24) is 0 Å². The largest absolute Gasteiger partial charge is 0.0622 e. The third kappa shape index (κ3) is 9.46. The molecule has 2 aromatic rings. The summed E-state index contributed by atoms with van der Waals surface area (Å²) in [6.45, 7) is 0. The smallest absolute Gasteiger partial charge is 0.0191 e. The first-order valence-electron chi connectivity index (χ1n) is 5.56.